The molecule has 0 saturated carbocycles. The molecule has 5 aromatic rings. The molecule has 0 atom stereocenters. The number of ketones is 1. The van der Waals surface area contributed by atoms with Crippen LogP contribution in [-0.4, -0.2) is 10.9 Å². The second-order valence-corrected chi connectivity index (χ2v) is 21.5. The average Bonchev–Trinajstić information content (AvgIpc) is 3.18. The predicted molar refractivity (Wildman–Crippen MR) is 266 cm³/mol. The van der Waals surface area contributed by atoms with Gasteiger partial charge in [0.15, 0.2) is 5.78 Å². The quantitative estimate of drug-likeness (QED) is 0.0774. The standard InChI is InChI=1S/C59H76O2/c1-34(2)40-28-49(36(5)6)55(50(29-40)37(7)8)47-24-21-25-48(56-51(38(9)10)30-41(35(3)4)31-52(56)39(11)12)57(47)54(61)33-53(60)46-23-20-19-22-45(46)42-26-43(58(13,14)15)32-44(27-42)59(16,17)18/h19-39,60H,1-18H3/b53-33-. The summed E-state index contributed by atoms with van der Waals surface area (Å²) in [5.74, 6) is 1.37. The Labute approximate surface area is 371 Å². The molecule has 0 aromatic heterocycles. The van der Waals surface area contributed by atoms with Crippen molar-refractivity contribution in [1.29, 1.82) is 0 Å². The summed E-state index contributed by atoms with van der Waals surface area (Å²) in [6.07, 6.45) is 1.50. The largest absolute Gasteiger partial charge is 0.507 e. The Balaban J connectivity index is 1.91. The lowest BCUT2D eigenvalue weighted by molar-refractivity contribution is 0.104. The summed E-state index contributed by atoms with van der Waals surface area (Å²) in [4.78, 5) is 15.7. The minimum atomic E-state index is -0.202. The Morgan fingerprint density at radius 1 is 0.475 bits per heavy atom. The van der Waals surface area contributed by atoms with Crippen molar-refractivity contribution in [3.63, 3.8) is 0 Å². The van der Waals surface area contributed by atoms with Crippen molar-refractivity contribution in [2.24, 2.45) is 0 Å². The minimum absolute atomic E-state index is 0.0357. The maximum Gasteiger partial charge on any atom is 0.190 e. The number of aliphatic hydroxyl groups excluding tert-OH is 1. The highest BCUT2D eigenvalue weighted by Crippen LogP contribution is 2.46. The molecule has 0 heterocycles. The van der Waals surface area contributed by atoms with Crippen LogP contribution in [-0.2, 0) is 10.8 Å². The predicted octanol–water partition coefficient (Wildman–Crippen LogP) is 17.8. The van der Waals surface area contributed by atoms with Crippen LogP contribution in [0.5, 0.6) is 0 Å². The Hall–Kier alpha value is -4.69. The van der Waals surface area contributed by atoms with E-state index in [0.717, 1.165) is 33.4 Å². The Morgan fingerprint density at radius 2 is 0.836 bits per heavy atom. The molecule has 61 heavy (non-hydrogen) atoms. The molecule has 5 aromatic carbocycles. The molecule has 0 aliphatic carbocycles. The highest BCUT2D eigenvalue weighted by molar-refractivity contribution is 6.16. The third-order valence-corrected chi connectivity index (χ3v) is 12.6. The fourth-order valence-electron chi connectivity index (χ4n) is 8.65. The van der Waals surface area contributed by atoms with E-state index in [1.54, 1.807) is 0 Å². The van der Waals surface area contributed by atoms with Gasteiger partial charge in [-0.05, 0) is 124 Å². The van der Waals surface area contributed by atoms with Crippen molar-refractivity contribution in [3.05, 3.63) is 147 Å². The first kappa shape index (κ1) is 47.4. The smallest absolute Gasteiger partial charge is 0.190 e. The lowest BCUT2D eigenvalue weighted by Crippen LogP contribution is -2.16. The highest BCUT2D eigenvalue weighted by atomic mass is 16.3. The van der Waals surface area contributed by atoms with Crippen LogP contribution in [0.15, 0.2) is 91.0 Å². The number of aliphatic hydroxyl groups is 1. The SMILES string of the molecule is CC(C)c1cc(C(C)C)c(-c2cccc(-c3c(C(C)C)cc(C(C)C)cc3C(C)C)c2C(=O)/C=C(\O)c2ccccc2-c2cc(C(C)(C)C)cc(C(C)(C)C)c2)c(C(C)C)c1. The second kappa shape index (κ2) is 18.3. The summed E-state index contributed by atoms with van der Waals surface area (Å²) >= 11 is 0. The summed E-state index contributed by atoms with van der Waals surface area (Å²) in [7, 11) is 0. The molecule has 0 spiro atoms. The molecule has 0 radical (unpaired) electrons. The van der Waals surface area contributed by atoms with Gasteiger partial charge in [-0.25, -0.2) is 0 Å². The van der Waals surface area contributed by atoms with Crippen LogP contribution in [0.2, 0.25) is 0 Å². The molecule has 2 nitrogen and oxygen atoms in total. The zero-order valence-electron chi connectivity index (χ0n) is 41.0. The fraction of sp³-hybridized carbons (Fsp3) is 0.441. The van der Waals surface area contributed by atoms with Gasteiger partial charge in [0.2, 0.25) is 0 Å². The van der Waals surface area contributed by atoms with Crippen LogP contribution in [0.4, 0.5) is 0 Å². The summed E-state index contributed by atoms with van der Waals surface area (Å²) in [5, 5.41) is 12.4. The van der Waals surface area contributed by atoms with E-state index in [1.807, 2.05) is 18.2 Å². The number of allylic oxidation sites excluding steroid dienone is 1. The number of hydrogen-bond donors (Lipinski definition) is 1. The van der Waals surface area contributed by atoms with E-state index in [4.69, 9.17) is 0 Å². The maximum absolute atomic E-state index is 15.7. The Bertz CT molecular complexity index is 2230. The third kappa shape index (κ3) is 10.2. The van der Waals surface area contributed by atoms with Crippen molar-refractivity contribution in [2.75, 3.05) is 0 Å². The van der Waals surface area contributed by atoms with Crippen molar-refractivity contribution in [2.45, 2.75) is 171 Å². The van der Waals surface area contributed by atoms with Crippen LogP contribution < -0.4 is 0 Å². The molecule has 0 aliphatic rings. The first-order valence-electron chi connectivity index (χ1n) is 23.0. The molecular formula is C59H76O2. The Morgan fingerprint density at radius 3 is 1.18 bits per heavy atom. The van der Waals surface area contributed by atoms with Gasteiger partial charge in [-0.15, -0.1) is 0 Å². The van der Waals surface area contributed by atoms with Gasteiger partial charge in [0.25, 0.3) is 0 Å². The van der Waals surface area contributed by atoms with Crippen molar-refractivity contribution in [3.8, 4) is 33.4 Å². The van der Waals surface area contributed by atoms with Gasteiger partial charge in [-0.1, -0.05) is 210 Å². The molecule has 1 N–H and O–H groups in total. The van der Waals surface area contributed by atoms with Gasteiger partial charge < -0.3 is 5.11 Å². The van der Waals surface area contributed by atoms with E-state index < -0.39 is 0 Å². The van der Waals surface area contributed by atoms with Crippen molar-refractivity contribution >= 4 is 11.5 Å². The lowest BCUT2D eigenvalue weighted by Gasteiger charge is -2.27. The first-order chi connectivity index (χ1) is 28.3. The van der Waals surface area contributed by atoms with E-state index in [2.05, 4.69) is 191 Å². The minimum Gasteiger partial charge on any atom is -0.507 e. The molecule has 5 rings (SSSR count). The molecule has 0 aliphatic heterocycles. The van der Waals surface area contributed by atoms with E-state index in [0.29, 0.717) is 23.0 Å². The normalized spacial score (nSPS) is 12.9. The van der Waals surface area contributed by atoms with Gasteiger partial charge in [0.1, 0.15) is 5.76 Å². The van der Waals surface area contributed by atoms with E-state index in [1.165, 1.54) is 50.6 Å². The third-order valence-electron chi connectivity index (χ3n) is 12.6. The fourth-order valence-corrected chi connectivity index (χ4v) is 8.65. The average molecular weight is 817 g/mol. The Kier molecular flexibility index (Phi) is 14.2. The van der Waals surface area contributed by atoms with Crippen LogP contribution in [0.3, 0.4) is 0 Å². The van der Waals surface area contributed by atoms with Gasteiger partial charge in [0.05, 0.1) is 0 Å². The van der Waals surface area contributed by atoms with Crippen LogP contribution >= 0.6 is 0 Å². The zero-order valence-corrected chi connectivity index (χ0v) is 41.0. The summed E-state index contributed by atoms with van der Waals surface area (Å²) in [6, 6.07) is 30.7. The van der Waals surface area contributed by atoms with Crippen molar-refractivity contribution < 1.29 is 9.90 Å². The van der Waals surface area contributed by atoms with Crippen LogP contribution in [0, 0.1) is 0 Å². The van der Waals surface area contributed by atoms with Gasteiger partial charge in [-0.2, -0.15) is 0 Å². The van der Waals surface area contributed by atoms with E-state index in [9.17, 15) is 5.11 Å². The first-order valence-corrected chi connectivity index (χ1v) is 23.0. The summed E-state index contributed by atoms with van der Waals surface area (Å²) < 4.78 is 0. The molecule has 0 saturated heterocycles. The number of rotatable bonds is 12. The molecule has 0 bridgehead atoms. The molecule has 0 unspecified atom stereocenters. The highest BCUT2D eigenvalue weighted by Gasteiger charge is 2.29. The number of benzene rings is 5. The summed E-state index contributed by atoms with van der Waals surface area (Å²) in [5.41, 5.74) is 17.3. The monoisotopic (exact) mass is 817 g/mol. The van der Waals surface area contributed by atoms with E-state index >= 15 is 4.79 Å². The van der Waals surface area contributed by atoms with Gasteiger partial charge in [-0.3, -0.25) is 4.79 Å². The maximum atomic E-state index is 15.7. The molecule has 2 heteroatoms. The van der Waals surface area contributed by atoms with Crippen LogP contribution in [0.1, 0.15) is 221 Å². The topological polar surface area (TPSA) is 37.3 Å². The number of hydrogen-bond acceptors (Lipinski definition) is 2. The summed E-state index contributed by atoms with van der Waals surface area (Å²) in [6.45, 7) is 40.6. The van der Waals surface area contributed by atoms with Gasteiger partial charge in [0, 0.05) is 17.2 Å². The molecule has 0 amide bonds. The van der Waals surface area contributed by atoms with Gasteiger partial charge >= 0.3 is 0 Å². The number of carbonyl (C=O) groups is 1. The van der Waals surface area contributed by atoms with Crippen molar-refractivity contribution in [1.82, 2.24) is 0 Å². The van der Waals surface area contributed by atoms with Crippen LogP contribution in [0.25, 0.3) is 39.1 Å². The second-order valence-electron chi connectivity index (χ2n) is 21.5. The zero-order chi connectivity index (χ0) is 45.5. The van der Waals surface area contributed by atoms with E-state index in [-0.39, 0.29) is 46.0 Å². The number of carbonyl (C=O) groups excluding carboxylic acids is 1. The molecule has 324 valence electrons. The molecule has 0 fully saturated rings. The lowest BCUT2D eigenvalue weighted by atomic mass is 9.76. The molecular weight excluding hydrogens is 741 g/mol.